The number of sulfonamides is 1. The number of benzene rings is 1. The second-order valence-corrected chi connectivity index (χ2v) is 10.9. The molecule has 2 atom stereocenters. The summed E-state index contributed by atoms with van der Waals surface area (Å²) in [4.78, 5) is 15.2. The third-order valence-corrected chi connectivity index (χ3v) is 8.84. The molecule has 2 unspecified atom stereocenters. The summed E-state index contributed by atoms with van der Waals surface area (Å²) < 4.78 is 27.1. The summed E-state index contributed by atoms with van der Waals surface area (Å²) in [6, 6.07) is 5.06. The van der Waals surface area contributed by atoms with E-state index in [4.69, 9.17) is 11.6 Å². The van der Waals surface area contributed by atoms with Gasteiger partial charge in [-0.2, -0.15) is 4.31 Å². The van der Waals surface area contributed by atoms with Gasteiger partial charge in [0.25, 0.3) is 0 Å². The highest BCUT2D eigenvalue weighted by Crippen LogP contribution is 2.35. The van der Waals surface area contributed by atoms with E-state index in [1.165, 1.54) is 48.5 Å². The molecular formula is C21H30ClN3O3S. The molecule has 29 heavy (non-hydrogen) atoms. The number of hydrogen-bond acceptors (Lipinski definition) is 4. The van der Waals surface area contributed by atoms with Gasteiger partial charge in [0.1, 0.15) is 0 Å². The van der Waals surface area contributed by atoms with E-state index >= 15 is 0 Å². The average molecular weight is 440 g/mol. The summed E-state index contributed by atoms with van der Waals surface area (Å²) in [5, 5.41) is 3.22. The van der Waals surface area contributed by atoms with Gasteiger partial charge >= 0.3 is 0 Å². The van der Waals surface area contributed by atoms with E-state index in [1.54, 1.807) is 6.07 Å². The fourth-order valence-corrected chi connectivity index (χ4v) is 6.85. The lowest BCUT2D eigenvalue weighted by Gasteiger charge is -2.43. The molecular weight excluding hydrogens is 410 g/mol. The first-order chi connectivity index (χ1) is 13.9. The van der Waals surface area contributed by atoms with Crippen molar-refractivity contribution in [1.29, 1.82) is 0 Å². The smallest absolute Gasteiger partial charge is 0.243 e. The van der Waals surface area contributed by atoms with Crippen molar-refractivity contribution in [1.82, 2.24) is 9.21 Å². The SMILES string of the molecule is O=C(CN1CCCC2CCCCC21)Nc1cc(S(=O)(=O)N2CCCC2)ccc1Cl. The topological polar surface area (TPSA) is 69.7 Å². The molecule has 1 saturated carbocycles. The Labute approximate surface area is 178 Å². The molecule has 0 bridgehead atoms. The van der Waals surface area contributed by atoms with Crippen molar-refractivity contribution in [3.05, 3.63) is 23.2 Å². The lowest BCUT2D eigenvalue weighted by Crippen LogP contribution is -2.49. The maximum absolute atomic E-state index is 12.8. The number of likely N-dealkylation sites (tertiary alicyclic amines) is 1. The van der Waals surface area contributed by atoms with Gasteiger partial charge in [-0.05, 0) is 69.2 Å². The van der Waals surface area contributed by atoms with Gasteiger partial charge in [-0.3, -0.25) is 9.69 Å². The van der Waals surface area contributed by atoms with E-state index < -0.39 is 10.0 Å². The van der Waals surface area contributed by atoms with Crippen LogP contribution in [0.15, 0.2) is 23.1 Å². The molecule has 1 amide bonds. The summed E-state index contributed by atoms with van der Waals surface area (Å²) >= 11 is 6.27. The van der Waals surface area contributed by atoms with Gasteiger partial charge in [-0.25, -0.2) is 8.42 Å². The molecule has 3 aliphatic rings. The minimum Gasteiger partial charge on any atom is -0.324 e. The first-order valence-corrected chi connectivity index (χ1v) is 12.6. The Kier molecular flexibility index (Phi) is 6.49. The zero-order chi connectivity index (χ0) is 20.4. The molecule has 1 aromatic carbocycles. The van der Waals surface area contributed by atoms with Crippen molar-refractivity contribution in [2.75, 3.05) is 31.5 Å². The Morgan fingerprint density at radius 2 is 1.76 bits per heavy atom. The highest BCUT2D eigenvalue weighted by Gasteiger charge is 2.34. The number of anilines is 1. The number of piperidine rings is 1. The van der Waals surface area contributed by atoms with Crippen LogP contribution in [0.5, 0.6) is 0 Å². The zero-order valence-corrected chi connectivity index (χ0v) is 18.3. The van der Waals surface area contributed by atoms with E-state index in [-0.39, 0.29) is 10.8 Å². The Morgan fingerprint density at radius 3 is 2.55 bits per heavy atom. The van der Waals surface area contributed by atoms with Crippen LogP contribution in [0.4, 0.5) is 5.69 Å². The second kappa shape index (κ2) is 8.92. The van der Waals surface area contributed by atoms with Crippen LogP contribution in [0, 0.1) is 5.92 Å². The van der Waals surface area contributed by atoms with Gasteiger partial charge in [0, 0.05) is 19.1 Å². The van der Waals surface area contributed by atoms with Crippen LogP contribution < -0.4 is 5.32 Å². The van der Waals surface area contributed by atoms with Gasteiger partial charge in [0.05, 0.1) is 22.2 Å². The number of nitrogens with one attached hydrogen (secondary N) is 1. The molecule has 8 heteroatoms. The first-order valence-electron chi connectivity index (χ1n) is 10.8. The molecule has 1 aromatic rings. The van der Waals surface area contributed by atoms with Crippen molar-refractivity contribution >= 4 is 33.2 Å². The predicted molar refractivity (Wildman–Crippen MR) is 115 cm³/mol. The summed E-state index contributed by atoms with van der Waals surface area (Å²) in [6.07, 6.45) is 9.15. The second-order valence-electron chi connectivity index (χ2n) is 8.53. The number of amides is 1. The maximum atomic E-state index is 12.8. The van der Waals surface area contributed by atoms with Crippen molar-refractivity contribution < 1.29 is 13.2 Å². The van der Waals surface area contributed by atoms with Crippen LogP contribution in [0.2, 0.25) is 5.02 Å². The van der Waals surface area contributed by atoms with Crippen LogP contribution in [0.25, 0.3) is 0 Å². The lowest BCUT2D eigenvalue weighted by molar-refractivity contribution is -0.118. The minimum absolute atomic E-state index is 0.131. The van der Waals surface area contributed by atoms with Gasteiger partial charge < -0.3 is 5.32 Å². The summed E-state index contributed by atoms with van der Waals surface area (Å²) in [5.74, 6) is 0.580. The van der Waals surface area contributed by atoms with Gasteiger partial charge in [-0.15, -0.1) is 0 Å². The molecule has 4 rings (SSSR count). The molecule has 160 valence electrons. The molecule has 2 heterocycles. The molecule has 1 aliphatic carbocycles. The first kappa shape index (κ1) is 21.1. The Hall–Kier alpha value is -1.15. The van der Waals surface area contributed by atoms with Crippen molar-refractivity contribution in [2.45, 2.75) is 62.3 Å². The predicted octanol–water partition coefficient (Wildman–Crippen LogP) is 3.72. The molecule has 2 aliphatic heterocycles. The highest BCUT2D eigenvalue weighted by atomic mass is 35.5. The van der Waals surface area contributed by atoms with Crippen LogP contribution in [0.1, 0.15) is 51.4 Å². The van der Waals surface area contributed by atoms with E-state index in [0.717, 1.165) is 25.8 Å². The number of nitrogens with zero attached hydrogens (tertiary/aromatic N) is 2. The summed E-state index contributed by atoms with van der Waals surface area (Å²) in [6.45, 7) is 2.38. The van der Waals surface area contributed by atoms with Crippen LogP contribution in [-0.4, -0.2) is 55.8 Å². The van der Waals surface area contributed by atoms with Gasteiger partial charge in [0.2, 0.25) is 15.9 Å². The van der Waals surface area contributed by atoms with Gasteiger partial charge in [0.15, 0.2) is 0 Å². The highest BCUT2D eigenvalue weighted by molar-refractivity contribution is 7.89. The number of carbonyl (C=O) groups excluding carboxylic acids is 1. The normalized spacial score (nSPS) is 26.2. The third-order valence-electron chi connectivity index (χ3n) is 6.62. The van der Waals surface area contributed by atoms with Crippen molar-refractivity contribution in [3.8, 4) is 0 Å². The molecule has 0 radical (unpaired) electrons. The van der Waals surface area contributed by atoms with Crippen LogP contribution in [0.3, 0.4) is 0 Å². The number of hydrogen-bond donors (Lipinski definition) is 1. The Morgan fingerprint density at radius 1 is 1.03 bits per heavy atom. The van der Waals surface area contributed by atoms with E-state index in [0.29, 0.717) is 42.3 Å². The quantitative estimate of drug-likeness (QED) is 0.759. The Bertz CT molecular complexity index is 853. The van der Waals surface area contributed by atoms with Crippen LogP contribution in [-0.2, 0) is 14.8 Å². The summed E-state index contributed by atoms with van der Waals surface area (Å²) in [7, 11) is -3.54. The van der Waals surface area contributed by atoms with Crippen molar-refractivity contribution in [3.63, 3.8) is 0 Å². The number of rotatable bonds is 5. The van der Waals surface area contributed by atoms with E-state index in [1.807, 2.05) is 0 Å². The molecule has 3 fully saturated rings. The molecule has 0 aromatic heterocycles. The van der Waals surface area contributed by atoms with E-state index in [9.17, 15) is 13.2 Å². The maximum Gasteiger partial charge on any atom is 0.243 e. The fourth-order valence-electron chi connectivity index (χ4n) is 5.14. The Balaban J connectivity index is 1.45. The van der Waals surface area contributed by atoms with Crippen molar-refractivity contribution in [2.24, 2.45) is 5.92 Å². The molecule has 2 saturated heterocycles. The van der Waals surface area contributed by atoms with Crippen LogP contribution >= 0.6 is 11.6 Å². The number of halogens is 1. The number of fused-ring (bicyclic) bond motifs is 1. The largest absolute Gasteiger partial charge is 0.324 e. The third kappa shape index (κ3) is 4.63. The minimum atomic E-state index is -3.54. The van der Waals surface area contributed by atoms with E-state index in [2.05, 4.69) is 10.2 Å². The monoisotopic (exact) mass is 439 g/mol. The molecule has 1 N–H and O–H groups in total. The zero-order valence-electron chi connectivity index (χ0n) is 16.8. The standard InChI is InChI=1S/C21H30ClN3O3S/c22-18-10-9-17(29(27,28)25-12-3-4-13-25)14-19(18)23-21(26)15-24-11-5-7-16-6-1-2-8-20(16)24/h9-10,14,16,20H,1-8,11-13,15H2,(H,23,26). The fraction of sp³-hybridized carbons (Fsp3) is 0.667. The average Bonchev–Trinajstić information content (AvgIpc) is 3.26. The lowest BCUT2D eigenvalue weighted by atomic mass is 9.78. The van der Waals surface area contributed by atoms with Gasteiger partial charge in [-0.1, -0.05) is 24.4 Å². The molecule has 6 nitrogen and oxygen atoms in total. The molecule has 0 spiro atoms. The summed E-state index contributed by atoms with van der Waals surface area (Å²) in [5.41, 5.74) is 0.370. The number of carbonyl (C=O) groups is 1.